The molecule has 0 saturated heterocycles. The summed E-state index contributed by atoms with van der Waals surface area (Å²) in [5.41, 5.74) is 0.795. The molecule has 0 aliphatic carbocycles. The van der Waals surface area contributed by atoms with Gasteiger partial charge in [-0.2, -0.15) is 0 Å². The van der Waals surface area contributed by atoms with Crippen molar-refractivity contribution in [2.24, 2.45) is 0 Å². The lowest BCUT2D eigenvalue weighted by Crippen LogP contribution is -2.29. The largest absolute Gasteiger partial charge is 0.309 e. The van der Waals surface area contributed by atoms with Crippen molar-refractivity contribution in [2.75, 3.05) is 40.3 Å². The van der Waals surface area contributed by atoms with E-state index in [0.717, 1.165) is 42.6 Å². The van der Waals surface area contributed by atoms with Crippen molar-refractivity contribution in [2.45, 2.75) is 19.8 Å². The number of hydrogen-bond acceptors (Lipinski definition) is 3. The van der Waals surface area contributed by atoms with Gasteiger partial charge in [-0.05, 0) is 52.3 Å². The summed E-state index contributed by atoms with van der Waals surface area (Å²) in [6.07, 6.45) is 1.73. The van der Waals surface area contributed by atoms with Crippen molar-refractivity contribution in [3.8, 4) is 0 Å². The Morgan fingerprint density at radius 2 is 1.95 bits per heavy atom. The Morgan fingerprint density at radius 1 is 1.20 bits per heavy atom. The standard InChI is InChI=1S/C16H25BrN2O/c1-4-19(11-6-10-18(2)3)12-9-16(20)14-7-5-8-15(17)13-14/h5,7-8,13H,4,6,9-12H2,1-3H3. The molecule has 0 aliphatic heterocycles. The van der Waals surface area contributed by atoms with Gasteiger partial charge in [-0.1, -0.05) is 35.0 Å². The number of carbonyl (C=O) groups is 1. The summed E-state index contributed by atoms with van der Waals surface area (Å²) in [7, 11) is 4.18. The molecule has 112 valence electrons. The Kier molecular flexibility index (Phi) is 8.04. The Morgan fingerprint density at radius 3 is 2.55 bits per heavy atom. The van der Waals surface area contributed by atoms with Gasteiger partial charge in [0.25, 0.3) is 0 Å². The Bertz CT molecular complexity index is 421. The highest BCUT2D eigenvalue weighted by molar-refractivity contribution is 9.10. The number of benzene rings is 1. The van der Waals surface area contributed by atoms with Gasteiger partial charge in [-0.3, -0.25) is 4.79 Å². The number of hydrogen-bond donors (Lipinski definition) is 0. The monoisotopic (exact) mass is 340 g/mol. The van der Waals surface area contributed by atoms with Gasteiger partial charge in [0.2, 0.25) is 0 Å². The van der Waals surface area contributed by atoms with Crippen molar-refractivity contribution in [3.05, 3.63) is 34.3 Å². The van der Waals surface area contributed by atoms with Crippen molar-refractivity contribution in [3.63, 3.8) is 0 Å². The number of rotatable bonds is 9. The quantitative estimate of drug-likeness (QED) is 0.644. The summed E-state index contributed by atoms with van der Waals surface area (Å²) in [6.45, 7) is 6.14. The number of halogens is 1. The fourth-order valence-electron chi connectivity index (χ4n) is 2.10. The fraction of sp³-hybridized carbons (Fsp3) is 0.562. The maximum Gasteiger partial charge on any atom is 0.164 e. The molecule has 0 heterocycles. The van der Waals surface area contributed by atoms with E-state index < -0.39 is 0 Å². The molecule has 20 heavy (non-hydrogen) atoms. The molecule has 0 unspecified atom stereocenters. The molecule has 0 spiro atoms. The second-order valence-electron chi connectivity index (χ2n) is 5.27. The highest BCUT2D eigenvalue weighted by atomic mass is 79.9. The molecule has 0 N–H and O–H groups in total. The van der Waals surface area contributed by atoms with Gasteiger partial charge in [0.15, 0.2) is 5.78 Å². The van der Waals surface area contributed by atoms with E-state index in [4.69, 9.17) is 0 Å². The summed E-state index contributed by atoms with van der Waals surface area (Å²) in [6, 6.07) is 7.63. The van der Waals surface area contributed by atoms with Crippen molar-refractivity contribution < 1.29 is 4.79 Å². The lowest BCUT2D eigenvalue weighted by atomic mass is 10.1. The van der Waals surface area contributed by atoms with Crippen LogP contribution in [-0.2, 0) is 0 Å². The first-order valence-electron chi connectivity index (χ1n) is 7.18. The molecule has 0 fully saturated rings. The average Bonchev–Trinajstić information content (AvgIpc) is 2.41. The number of carbonyl (C=O) groups excluding carboxylic acids is 1. The van der Waals surface area contributed by atoms with Crippen LogP contribution in [0.2, 0.25) is 0 Å². The molecule has 0 radical (unpaired) electrons. The summed E-state index contributed by atoms with van der Waals surface area (Å²) in [5, 5.41) is 0. The topological polar surface area (TPSA) is 23.6 Å². The third-order valence-electron chi connectivity index (χ3n) is 3.33. The van der Waals surface area contributed by atoms with E-state index in [9.17, 15) is 4.79 Å². The molecule has 3 nitrogen and oxygen atoms in total. The second kappa shape index (κ2) is 9.27. The minimum absolute atomic E-state index is 0.220. The van der Waals surface area contributed by atoms with Crippen LogP contribution >= 0.6 is 15.9 Å². The van der Waals surface area contributed by atoms with Crippen molar-refractivity contribution in [1.82, 2.24) is 9.80 Å². The zero-order valence-electron chi connectivity index (χ0n) is 12.7. The Balaban J connectivity index is 2.38. The molecule has 1 aromatic carbocycles. The lowest BCUT2D eigenvalue weighted by Gasteiger charge is -2.21. The smallest absolute Gasteiger partial charge is 0.164 e. The van der Waals surface area contributed by atoms with Crippen molar-refractivity contribution >= 4 is 21.7 Å². The normalized spacial score (nSPS) is 11.3. The van der Waals surface area contributed by atoms with Gasteiger partial charge in [0.1, 0.15) is 0 Å². The molecule has 1 aromatic rings. The summed E-state index contributed by atoms with van der Waals surface area (Å²) in [5.74, 6) is 0.220. The zero-order chi connectivity index (χ0) is 15.0. The van der Waals surface area contributed by atoms with E-state index >= 15 is 0 Å². The first kappa shape index (κ1) is 17.3. The Labute approximate surface area is 131 Å². The molecule has 0 aliphatic rings. The van der Waals surface area contributed by atoms with E-state index in [2.05, 4.69) is 46.7 Å². The average molecular weight is 341 g/mol. The highest BCUT2D eigenvalue weighted by Crippen LogP contribution is 2.13. The van der Waals surface area contributed by atoms with Crippen LogP contribution in [-0.4, -0.2) is 55.9 Å². The summed E-state index contributed by atoms with van der Waals surface area (Å²) in [4.78, 5) is 16.7. The molecule has 0 amide bonds. The third kappa shape index (κ3) is 6.64. The maximum atomic E-state index is 12.1. The minimum atomic E-state index is 0.220. The minimum Gasteiger partial charge on any atom is -0.309 e. The number of Topliss-reactive ketones (excluding diaryl/α,β-unsaturated/α-hetero) is 1. The van der Waals surface area contributed by atoms with Gasteiger partial charge in [0, 0.05) is 23.0 Å². The fourth-order valence-corrected chi connectivity index (χ4v) is 2.50. The first-order valence-corrected chi connectivity index (χ1v) is 7.98. The predicted octanol–water partition coefficient (Wildman–Crippen LogP) is 3.30. The zero-order valence-corrected chi connectivity index (χ0v) is 14.3. The lowest BCUT2D eigenvalue weighted by molar-refractivity contribution is 0.0964. The molecule has 0 bridgehead atoms. The van der Waals surface area contributed by atoms with E-state index in [1.54, 1.807) is 0 Å². The summed E-state index contributed by atoms with van der Waals surface area (Å²) >= 11 is 3.40. The molecule has 1 rings (SSSR count). The van der Waals surface area contributed by atoms with Gasteiger partial charge >= 0.3 is 0 Å². The first-order chi connectivity index (χ1) is 9.52. The third-order valence-corrected chi connectivity index (χ3v) is 3.82. The second-order valence-corrected chi connectivity index (χ2v) is 6.19. The molecular weight excluding hydrogens is 316 g/mol. The van der Waals surface area contributed by atoms with E-state index in [1.165, 1.54) is 0 Å². The van der Waals surface area contributed by atoms with Crippen LogP contribution < -0.4 is 0 Å². The summed E-state index contributed by atoms with van der Waals surface area (Å²) < 4.78 is 0.960. The van der Waals surface area contributed by atoms with Crippen LogP contribution in [0.25, 0.3) is 0 Å². The van der Waals surface area contributed by atoms with Crippen LogP contribution in [0.3, 0.4) is 0 Å². The molecule has 0 atom stereocenters. The van der Waals surface area contributed by atoms with Crippen LogP contribution in [0.1, 0.15) is 30.1 Å². The van der Waals surface area contributed by atoms with Crippen LogP contribution in [0, 0.1) is 0 Å². The van der Waals surface area contributed by atoms with Gasteiger partial charge < -0.3 is 9.80 Å². The van der Waals surface area contributed by atoms with Gasteiger partial charge in [0.05, 0.1) is 0 Å². The maximum absolute atomic E-state index is 12.1. The SMILES string of the molecule is CCN(CCCN(C)C)CCC(=O)c1cccc(Br)c1. The molecular formula is C16H25BrN2O. The van der Waals surface area contributed by atoms with Crippen LogP contribution in [0.4, 0.5) is 0 Å². The van der Waals surface area contributed by atoms with Crippen LogP contribution in [0.5, 0.6) is 0 Å². The molecule has 4 heteroatoms. The van der Waals surface area contributed by atoms with Crippen LogP contribution in [0.15, 0.2) is 28.7 Å². The molecule has 0 aromatic heterocycles. The van der Waals surface area contributed by atoms with Gasteiger partial charge in [-0.25, -0.2) is 0 Å². The van der Waals surface area contributed by atoms with E-state index in [0.29, 0.717) is 6.42 Å². The van der Waals surface area contributed by atoms with Gasteiger partial charge in [-0.15, -0.1) is 0 Å². The predicted molar refractivity (Wildman–Crippen MR) is 88.4 cm³/mol. The molecule has 0 saturated carbocycles. The number of ketones is 1. The number of nitrogens with zero attached hydrogens (tertiary/aromatic N) is 2. The van der Waals surface area contributed by atoms with E-state index in [-0.39, 0.29) is 5.78 Å². The Hall–Kier alpha value is -0.710. The van der Waals surface area contributed by atoms with E-state index in [1.807, 2.05) is 24.3 Å². The van der Waals surface area contributed by atoms with Crippen molar-refractivity contribution in [1.29, 1.82) is 0 Å². The highest BCUT2D eigenvalue weighted by Gasteiger charge is 2.09.